The zero-order valence-electron chi connectivity index (χ0n) is 13.6. The van der Waals surface area contributed by atoms with Crippen molar-refractivity contribution in [3.8, 4) is 0 Å². The van der Waals surface area contributed by atoms with Crippen LogP contribution in [-0.2, 0) is 4.79 Å². The molecule has 1 aromatic carbocycles. The Morgan fingerprint density at radius 2 is 1.65 bits per heavy atom. The molecular formula is C17H25NO2. The first-order valence-corrected chi connectivity index (χ1v) is 6.94. The van der Waals surface area contributed by atoms with Crippen LogP contribution in [0.2, 0.25) is 0 Å². The van der Waals surface area contributed by atoms with Gasteiger partial charge in [-0.25, -0.2) is 0 Å². The van der Waals surface area contributed by atoms with Gasteiger partial charge in [-0.05, 0) is 38.0 Å². The highest BCUT2D eigenvalue weighted by atomic mass is 16.2. The van der Waals surface area contributed by atoms with Gasteiger partial charge in [0.25, 0.3) is 0 Å². The lowest BCUT2D eigenvalue weighted by Gasteiger charge is -2.30. The number of likely N-dealkylation sites (N-methyl/N-ethyl adjacent to an activating group) is 1. The molecule has 0 N–H and O–H groups in total. The van der Waals surface area contributed by atoms with Crippen molar-refractivity contribution in [3.05, 3.63) is 34.9 Å². The van der Waals surface area contributed by atoms with Crippen molar-refractivity contribution in [2.45, 2.75) is 47.6 Å². The molecule has 0 bridgehead atoms. The Labute approximate surface area is 122 Å². The average molecular weight is 275 g/mol. The molecule has 1 unspecified atom stereocenters. The van der Waals surface area contributed by atoms with E-state index in [2.05, 4.69) is 0 Å². The zero-order chi connectivity index (χ0) is 15.7. The number of amides is 1. The number of hydrogen-bond donors (Lipinski definition) is 0. The topological polar surface area (TPSA) is 37.4 Å². The van der Waals surface area contributed by atoms with Gasteiger partial charge in [0.15, 0.2) is 5.78 Å². The summed E-state index contributed by atoms with van der Waals surface area (Å²) < 4.78 is 0. The maximum Gasteiger partial charge on any atom is 0.228 e. The number of carbonyl (C=O) groups excluding carboxylic acids is 2. The summed E-state index contributed by atoms with van der Waals surface area (Å²) in [5.74, 6) is -0.0459. The third kappa shape index (κ3) is 3.47. The highest BCUT2D eigenvalue weighted by Gasteiger charge is 2.30. The lowest BCUT2D eigenvalue weighted by atomic mass is 9.93. The highest BCUT2D eigenvalue weighted by molar-refractivity contribution is 6.02. The molecule has 0 heterocycles. The minimum atomic E-state index is -0.480. The van der Waals surface area contributed by atoms with Crippen LogP contribution in [-0.4, -0.2) is 29.7 Å². The van der Waals surface area contributed by atoms with Crippen LogP contribution in [0.15, 0.2) is 18.2 Å². The predicted molar refractivity (Wildman–Crippen MR) is 81.9 cm³/mol. The molecule has 0 saturated heterocycles. The molecular weight excluding hydrogens is 250 g/mol. The number of Topliss-reactive ketones (excluding diaryl/α,β-unsaturated/α-hetero) is 1. The fourth-order valence-electron chi connectivity index (χ4n) is 2.02. The van der Waals surface area contributed by atoms with E-state index in [1.807, 2.05) is 52.8 Å². The first-order valence-electron chi connectivity index (χ1n) is 6.94. The van der Waals surface area contributed by atoms with E-state index in [0.717, 1.165) is 11.1 Å². The minimum Gasteiger partial charge on any atom is -0.335 e. The summed E-state index contributed by atoms with van der Waals surface area (Å²) >= 11 is 0. The second-order valence-corrected chi connectivity index (χ2v) is 6.51. The number of rotatable bonds is 3. The Morgan fingerprint density at radius 3 is 2.10 bits per heavy atom. The normalized spacial score (nSPS) is 12.9. The van der Waals surface area contributed by atoms with Crippen LogP contribution >= 0.6 is 0 Å². The summed E-state index contributed by atoms with van der Waals surface area (Å²) in [4.78, 5) is 26.3. The number of benzene rings is 1. The Balaban J connectivity index is 2.96. The molecule has 3 heteroatoms. The standard InChI is InChI=1S/C17H25NO2/c1-11-8-9-14(10-12(11)2)15(19)13(3)18(7)16(20)17(4,5)6/h8-10,13H,1-7H3. The van der Waals surface area contributed by atoms with Crippen LogP contribution in [0.3, 0.4) is 0 Å². The first-order chi connectivity index (χ1) is 9.05. The van der Waals surface area contributed by atoms with Gasteiger partial charge in [-0.15, -0.1) is 0 Å². The van der Waals surface area contributed by atoms with Gasteiger partial charge in [-0.1, -0.05) is 32.9 Å². The second kappa shape index (κ2) is 5.78. The summed E-state index contributed by atoms with van der Waals surface area (Å²) in [5, 5.41) is 0. The van der Waals surface area contributed by atoms with Crippen molar-refractivity contribution in [2.75, 3.05) is 7.05 Å². The molecule has 1 rings (SSSR count). The van der Waals surface area contributed by atoms with Gasteiger partial charge in [-0.2, -0.15) is 0 Å². The maximum absolute atomic E-state index is 12.5. The number of nitrogens with zero attached hydrogens (tertiary/aromatic N) is 1. The summed E-state index contributed by atoms with van der Waals surface area (Å²) in [6, 6.07) is 5.21. The molecule has 0 aliphatic heterocycles. The first kappa shape index (κ1) is 16.4. The zero-order valence-corrected chi connectivity index (χ0v) is 13.6. The molecule has 3 nitrogen and oxygen atoms in total. The molecule has 1 atom stereocenters. The number of carbonyl (C=O) groups is 2. The lowest BCUT2D eigenvalue weighted by Crippen LogP contribution is -2.45. The van der Waals surface area contributed by atoms with E-state index in [1.54, 1.807) is 14.0 Å². The number of hydrogen-bond acceptors (Lipinski definition) is 2. The van der Waals surface area contributed by atoms with Crippen LogP contribution in [0.1, 0.15) is 49.2 Å². The Morgan fingerprint density at radius 1 is 1.10 bits per heavy atom. The van der Waals surface area contributed by atoms with Crippen LogP contribution < -0.4 is 0 Å². The van der Waals surface area contributed by atoms with Gasteiger partial charge in [0.1, 0.15) is 0 Å². The Hall–Kier alpha value is -1.64. The van der Waals surface area contributed by atoms with E-state index < -0.39 is 11.5 Å². The fourth-order valence-corrected chi connectivity index (χ4v) is 2.02. The van der Waals surface area contributed by atoms with Crippen LogP contribution in [0.4, 0.5) is 0 Å². The van der Waals surface area contributed by atoms with Gasteiger partial charge in [0.05, 0.1) is 6.04 Å². The molecule has 0 radical (unpaired) electrons. The van der Waals surface area contributed by atoms with E-state index in [4.69, 9.17) is 0 Å². The van der Waals surface area contributed by atoms with E-state index in [0.29, 0.717) is 5.56 Å². The van der Waals surface area contributed by atoms with Crippen molar-refractivity contribution >= 4 is 11.7 Å². The molecule has 0 aliphatic rings. The van der Waals surface area contributed by atoms with E-state index in [9.17, 15) is 9.59 Å². The van der Waals surface area contributed by atoms with E-state index >= 15 is 0 Å². The van der Waals surface area contributed by atoms with E-state index in [1.165, 1.54) is 4.90 Å². The van der Waals surface area contributed by atoms with Gasteiger partial charge < -0.3 is 4.90 Å². The fraction of sp³-hybridized carbons (Fsp3) is 0.529. The molecule has 0 fully saturated rings. The molecule has 20 heavy (non-hydrogen) atoms. The summed E-state index contributed by atoms with van der Waals surface area (Å²) in [7, 11) is 1.69. The molecule has 0 spiro atoms. The van der Waals surface area contributed by atoms with Gasteiger partial charge in [0, 0.05) is 18.0 Å². The third-order valence-corrected chi connectivity index (χ3v) is 3.71. The van der Waals surface area contributed by atoms with Crippen LogP contribution in [0, 0.1) is 19.3 Å². The second-order valence-electron chi connectivity index (χ2n) is 6.51. The third-order valence-electron chi connectivity index (χ3n) is 3.71. The maximum atomic E-state index is 12.5. The summed E-state index contributed by atoms with van der Waals surface area (Å²) in [5.41, 5.74) is 2.43. The molecule has 0 aliphatic carbocycles. The van der Waals surface area contributed by atoms with Crippen molar-refractivity contribution in [1.82, 2.24) is 4.90 Å². The predicted octanol–water partition coefficient (Wildman–Crippen LogP) is 3.38. The monoisotopic (exact) mass is 275 g/mol. The van der Waals surface area contributed by atoms with E-state index in [-0.39, 0.29) is 11.7 Å². The molecule has 1 amide bonds. The molecule has 110 valence electrons. The Bertz CT molecular complexity index is 526. The van der Waals surface area contributed by atoms with Crippen molar-refractivity contribution in [3.63, 3.8) is 0 Å². The smallest absolute Gasteiger partial charge is 0.228 e. The van der Waals surface area contributed by atoms with Gasteiger partial charge >= 0.3 is 0 Å². The van der Waals surface area contributed by atoms with Crippen molar-refractivity contribution in [2.24, 2.45) is 5.41 Å². The SMILES string of the molecule is Cc1ccc(C(=O)C(C)N(C)C(=O)C(C)(C)C)cc1C. The van der Waals surface area contributed by atoms with Crippen molar-refractivity contribution < 1.29 is 9.59 Å². The highest BCUT2D eigenvalue weighted by Crippen LogP contribution is 2.20. The molecule has 1 aromatic rings. The summed E-state index contributed by atoms with van der Waals surface area (Å²) in [6.45, 7) is 11.4. The van der Waals surface area contributed by atoms with Gasteiger partial charge in [-0.3, -0.25) is 9.59 Å². The number of aryl methyl sites for hydroxylation is 2. The lowest BCUT2D eigenvalue weighted by molar-refractivity contribution is -0.139. The molecule has 0 saturated carbocycles. The number of ketones is 1. The van der Waals surface area contributed by atoms with Crippen molar-refractivity contribution in [1.29, 1.82) is 0 Å². The van der Waals surface area contributed by atoms with Gasteiger partial charge in [0.2, 0.25) is 5.91 Å². The largest absolute Gasteiger partial charge is 0.335 e. The van der Waals surface area contributed by atoms with Crippen LogP contribution in [0.5, 0.6) is 0 Å². The molecule has 0 aromatic heterocycles. The minimum absolute atomic E-state index is 0.0202. The van der Waals surface area contributed by atoms with Crippen LogP contribution in [0.25, 0.3) is 0 Å². The Kier molecular flexibility index (Phi) is 4.74. The summed E-state index contributed by atoms with van der Waals surface area (Å²) in [6.07, 6.45) is 0. The quantitative estimate of drug-likeness (QED) is 0.793. The average Bonchev–Trinajstić information content (AvgIpc) is 2.37.